The van der Waals surface area contributed by atoms with E-state index in [1.54, 1.807) is 18.2 Å². The topological polar surface area (TPSA) is 54.9 Å². The van der Waals surface area contributed by atoms with Crippen LogP contribution in [0.15, 0.2) is 18.2 Å². The highest BCUT2D eigenvalue weighted by Crippen LogP contribution is 2.26. The number of carbonyl (C=O) groups is 1. The Morgan fingerprint density at radius 2 is 2.21 bits per heavy atom. The van der Waals surface area contributed by atoms with Crippen molar-refractivity contribution in [3.05, 3.63) is 39.4 Å². The summed E-state index contributed by atoms with van der Waals surface area (Å²) in [5, 5.41) is 6.04. The number of anilines is 1. The average molecular weight is 304 g/mol. The molecule has 0 saturated heterocycles. The molecule has 1 heterocycles. The van der Waals surface area contributed by atoms with E-state index in [0.29, 0.717) is 22.2 Å². The summed E-state index contributed by atoms with van der Waals surface area (Å²) in [4.78, 5) is 11.6. The summed E-state index contributed by atoms with van der Waals surface area (Å²) in [6.45, 7) is 1.85. The lowest BCUT2D eigenvalue weighted by Crippen LogP contribution is -2.13. The first-order valence-corrected chi connectivity index (χ1v) is 6.32. The zero-order valence-corrected chi connectivity index (χ0v) is 11.2. The Morgan fingerprint density at radius 3 is 2.84 bits per heavy atom. The zero-order valence-electron chi connectivity index (χ0n) is 9.65. The maximum Gasteiger partial charge on any atom is 0.283 e. The lowest BCUT2D eigenvalue weighted by molar-refractivity contribution is 0.101. The molecule has 0 aliphatic heterocycles. The molecule has 0 radical (unpaired) electrons. The number of rotatable bonds is 3. The fourth-order valence-corrected chi connectivity index (χ4v) is 2.25. The van der Waals surface area contributed by atoms with Crippen molar-refractivity contribution in [1.29, 1.82) is 0 Å². The monoisotopic (exact) mass is 303 g/mol. The van der Waals surface area contributed by atoms with E-state index in [0.717, 1.165) is 5.56 Å². The van der Waals surface area contributed by atoms with Gasteiger partial charge in [0.25, 0.3) is 12.3 Å². The summed E-state index contributed by atoms with van der Waals surface area (Å²) < 4.78 is 28.5. The smallest absolute Gasteiger partial charge is 0.283 e. The van der Waals surface area contributed by atoms with Gasteiger partial charge < -0.3 is 5.32 Å². The van der Waals surface area contributed by atoms with E-state index >= 15 is 0 Å². The first-order valence-electron chi connectivity index (χ1n) is 5.17. The Kier molecular flexibility index (Phi) is 4.06. The average Bonchev–Trinajstić information content (AvgIpc) is 2.82. The van der Waals surface area contributed by atoms with Crippen LogP contribution in [0.5, 0.6) is 0 Å². The summed E-state index contributed by atoms with van der Waals surface area (Å²) in [5.74, 6) is -0.698. The van der Waals surface area contributed by atoms with Crippen LogP contribution in [0.25, 0.3) is 0 Å². The van der Waals surface area contributed by atoms with E-state index in [-0.39, 0.29) is 4.88 Å². The predicted octanol–water partition coefficient (Wildman–Crippen LogP) is 3.69. The van der Waals surface area contributed by atoms with Crippen LogP contribution in [0.3, 0.4) is 0 Å². The van der Waals surface area contributed by atoms with E-state index < -0.39 is 18.0 Å². The molecule has 0 aliphatic carbocycles. The molecule has 4 nitrogen and oxygen atoms in total. The molecule has 0 saturated carbocycles. The first-order chi connectivity index (χ1) is 8.99. The molecule has 8 heteroatoms. The second-order valence-corrected chi connectivity index (χ2v) is 4.89. The van der Waals surface area contributed by atoms with Crippen molar-refractivity contribution in [2.24, 2.45) is 0 Å². The number of aryl methyl sites for hydroxylation is 1. The summed E-state index contributed by atoms with van der Waals surface area (Å²) >= 11 is 6.56. The first kappa shape index (κ1) is 13.8. The summed E-state index contributed by atoms with van der Waals surface area (Å²) in [5.41, 5.74) is 0.660. The van der Waals surface area contributed by atoms with Gasteiger partial charge in [-0.2, -0.15) is 0 Å². The standard InChI is InChI=1S/C11H8ClF2N3OS/c1-5-2-3-7(6(12)4-5)15-11(18)9-8(10(13)14)16-17-19-9/h2-4,10H,1H3,(H,15,18). The van der Waals surface area contributed by atoms with E-state index in [9.17, 15) is 13.6 Å². The predicted molar refractivity (Wildman–Crippen MR) is 69.0 cm³/mol. The quantitative estimate of drug-likeness (QED) is 0.941. The molecule has 0 spiro atoms. The Labute approximate surface area is 116 Å². The fourth-order valence-electron chi connectivity index (χ4n) is 1.40. The number of aromatic nitrogens is 2. The van der Waals surface area contributed by atoms with E-state index in [4.69, 9.17) is 11.6 Å². The number of carbonyl (C=O) groups excluding carboxylic acids is 1. The number of alkyl halides is 2. The third-order valence-electron chi connectivity index (χ3n) is 2.30. The molecule has 2 aromatic rings. The minimum atomic E-state index is -2.84. The highest BCUT2D eigenvalue weighted by molar-refractivity contribution is 7.08. The van der Waals surface area contributed by atoms with Gasteiger partial charge in [-0.1, -0.05) is 22.2 Å². The minimum Gasteiger partial charge on any atom is -0.320 e. The fraction of sp³-hybridized carbons (Fsp3) is 0.182. The van der Waals surface area contributed by atoms with Crippen molar-refractivity contribution in [1.82, 2.24) is 9.59 Å². The molecular formula is C11H8ClF2N3OS. The Bertz CT molecular complexity index is 618. The van der Waals surface area contributed by atoms with Crippen molar-refractivity contribution in [2.45, 2.75) is 13.3 Å². The minimum absolute atomic E-state index is 0.216. The highest BCUT2D eigenvalue weighted by Gasteiger charge is 2.23. The van der Waals surface area contributed by atoms with E-state index in [1.807, 2.05) is 6.92 Å². The van der Waals surface area contributed by atoms with Gasteiger partial charge in [-0.25, -0.2) is 8.78 Å². The third kappa shape index (κ3) is 3.05. The number of nitrogens with one attached hydrogen (secondary N) is 1. The van der Waals surface area contributed by atoms with Gasteiger partial charge in [-0.3, -0.25) is 4.79 Å². The van der Waals surface area contributed by atoms with Gasteiger partial charge in [0.1, 0.15) is 4.88 Å². The van der Waals surface area contributed by atoms with Crippen LogP contribution >= 0.6 is 23.1 Å². The molecule has 1 aromatic carbocycles. The molecule has 0 aliphatic rings. The molecule has 0 bridgehead atoms. The Balaban J connectivity index is 2.23. The highest BCUT2D eigenvalue weighted by atomic mass is 35.5. The normalized spacial score (nSPS) is 10.8. The number of halogens is 3. The Hall–Kier alpha value is -1.60. The molecule has 1 N–H and O–H groups in total. The number of nitrogens with zero attached hydrogens (tertiary/aromatic N) is 2. The molecule has 100 valence electrons. The lowest BCUT2D eigenvalue weighted by Gasteiger charge is -2.07. The number of amides is 1. The zero-order chi connectivity index (χ0) is 14.0. The van der Waals surface area contributed by atoms with Gasteiger partial charge in [0.15, 0.2) is 5.69 Å². The Morgan fingerprint density at radius 1 is 1.47 bits per heavy atom. The largest absolute Gasteiger partial charge is 0.320 e. The van der Waals surface area contributed by atoms with Crippen molar-refractivity contribution in [3.63, 3.8) is 0 Å². The summed E-state index contributed by atoms with van der Waals surface area (Å²) in [6.07, 6.45) is -2.84. The summed E-state index contributed by atoms with van der Waals surface area (Å²) in [7, 11) is 0. The molecule has 0 unspecified atom stereocenters. The molecule has 19 heavy (non-hydrogen) atoms. The molecule has 0 fully saturated rings. The molecule has 2 rings (SSSR count). The summed E-state index contributed by atoms with van der Waals surface area (Å²) in [6, 6.07) is 5.02. The second kappa shape index (κ2) is 5.58. The third-order valence-corrected chi connectivity index (χ3v) is 3.35. The SMILES string of the molecule is Cc1ccc(NC(=O)c2snnc2C(F)F)c(Cl)c1. The van der Waals surface area contributed by atoms with Crippen LogP contribution in [0.1, 0.15) is 27.4 Å². The maximum absolute atomic E-state index is 12.6. The number of benzene rings is 1. The lowest BCUT2D eigenvalue weighted by atomic mass is 10.2. The van der Waals surface area contributed by atoms with Gasteiger partial charge in [0.05, 0.1) is 10.7 Å². The van der Waals surface area contributed by atoms with Gasteiger partial charge in [-0.05, 0) is 36.2 Å². The molecular weight excluding hydrogens is 296 g/mol. The van der Waals surface area contributed by atoms with Crippen LogP contribution in [0.2, 0.25) is 5.02 Å². The van der Waals surface area contributed by atoms with Crippen LogP contribution in [0, 0.1) is 6.92 Å². The van der Waals surface area contributed by atoms with Crippen LogP contribution in [-0.4, -0.2) is 15.5 Å². The van der Waals surface area contributed by atoms with Crippen LogP contribution in [-0.2, 0) is 0 Å². The van der Waals surface area contributed by atoms with Gasteiger partial charge in [0, 0.05) is 0 Å². The molecule has 0 atom stereocenters. The van der Waals surface area contributed by atoms with Crippen molar-refractivity contribution in [2.75, 3.05) is 5.32 Å². The van der Waals surface area contributed by atoms with Crippen molar-refractivity contribution in [3.8, 4) is 0 Å². The van der Waals surface area contributed by atoms with Crippen LogP contribution < -0.4 is 5.32 Å². The van der Waals surface area contributed by atoms with Crippen molar-refractivity contribution >= 4 is 34.7 Å². The van der Waals surface area contributed by atoms with Crippen LogP contribution in [0.4, 0.5) is 14.5 Å². The van der Waals surface area contributed by atoms with Gasteiger partial charge in [0.2, 0.25) is 0 Å². The maximum atomic E-state index is 12.6. The van der Waals surface area contributed by atoms with Crippen molar-refractivity contribution < 1.29 is 13.6 Å². The number of hydrogen-bond donors (Lipinski definition) is 1. The molecule has 1 amide bonds. The van der Waals surface area contributed by atoms with Gasteiger partial charge in [-0.15, -0.1) is 5.10 Å². The second-order valence-electron chi connectivity index (χ2n) is 3.73. The number of hydrogen-bond acceptors (Lipinski definition) is 4. The van der Waals surface area contributed by atoms with Gasteiger partial charge >= 0.3 is 0 Å². The van der Waals surface area contributed by atoms with E-state index in [1.165, 1.54) is 0 Å². The molecule has 1 aromatic heterocycles. The van der Waals surface area contributed by atoms with E-state index in [2.05, 4.69) is 14.9 Å².